The minimum atomic E-state index is -0.0838. The summed E-state index contributed by atoms with van der Waals surface area (Å²) in [5, 5.41) is 11.9. The van der Waals surface area contributed by atoms with E-state index in [1.807, 2.05) is 176 Å². The number of hydrogen-bond acceptors (Lipinski definition) is 5. The van der Waals surface area contributed by atoms with E-state index in [1.54, 1.807) is 0 Å². The summed E-state index contributed by atoms with van der Waals surface area (Å²) in [5.41, 5.74) is 12.9. The second-order valence-electron chi connectivity index (χ2n) is 19.3. The van der Waals surface area contributed by atoms with E-state index in [9.17, 15) is 0 Å². The van der Waals surface area contributed by atoms with Crippen molar-refractivity contribution in [1.82, 2.24) is 0 Å². The average Bonchev–Trinajstić information content (AvgIpc) is 4.17. The van der Waals surface area contributed by atoms with Gasteiger partial charge in [-0.3, -0.25) is 0 Å². The van der Waals surface area contributed by atoms with Crippen LogP contribution in [0.5, 0.6) is 0 Å². The SMILES string of the molecule is Clc1c(N(c2ccccc2)c2ccccc2)cccc1N(c1ccccc1)c1coc2ccc3ccccc3c12.Clc1cccc(C(c2ccccc2)c2coc3ccc4ccccc4c23)c1Cl.c1ccc(Nc2ccccc2)cc1. The molecule has 0 saturated carbocycles. The molecular formula is C73H52Cl3N3O2. The third-order valence-corrected chi connectivity index (χ3v) is 15.5. The van der Waals surface area contributed by atoms with E-state index in [4.69, 9.17) is 43.6 Å². The van der Waals surface area contributed by atoms with Gasteiger partial charge in [0.15, 0.2) is 0 Å². The van der Waals surface area contributed by atoms with Crippen molar-refractivity contribution < 1.29 is 8.83 Å². The van der Waals surface area contributed by atoms with Crippen LogP contribution in [0.2, 0.25) is 15.1 Å². The Balaban J connectivity index is 0.000000137. The standard InChI is InChI=1S/C36H25ClN2O.C25H16Cl2O.C12H11N/c37-36-31(38(27-14-4-1-5-15-27)28-16-6-2-7-17-28)21-12-22-32(36)39(29-18-8-3-9-19-29)33-25-40-34-24-23-26-13-10-11-20-30(26)35(33)34;26-21-12-6-11-19(25(21)27)23(17-8-2-1-3-9-17)20-15-28-22-14-13-16-7-4-5-10-18(16)24(20)22;1-3-7-11(8-4-1)13-12-9-5-2-6-10-12/h1-25H;1-15,23H;1-10,13H. The Morgan fingerprint density at radius 3 is 1.31 bits per heavy atom. The molecule has 1 unspecified atom stereocenters. The topological polar surface area (TPSA) is 44.8 Å². The molecule has 8 heteroatoms. The summed E-state index contributed by atoms with van der Waals surface area (Å²) >= 11 is 20.4. The van der Waals surface area contributed by atoms with Gasteiger partial charge in [0.05, 0.1) is 43.8 Å². The summed E-state index contributed by atoms with van der Waals surface area (Å²) in [6.45, 7) is 0. The number of anilines is 8. The molecule has 0 spiro atoms. The fourth-order valence-corrected chi connectivity index (χ4v) is 11.3. The van der Waals surface area contributed by atoms with Crippen LogP contribution >= 0.6 is 34.8 Å². The maximum absolute atomic E-state index is 7.42. The van der Waals surface area contributed by atoms with Crippen molar-refractivity contribution in [3.8, 4) is 0 Å². The first-order valence-corrected chi connectivity index (χ1v) is 27.8. The number of rotatable bonds is 11. The van der Waals surface area contributed by atoms with Gasteiger partial charge in [-0.05, 0) is 124 Å². The summed E-state index contributed by atoms with van der Waals surface area (Å²) < 4.78 is 12.1. The zero-order chi connectivity index (χ0) is 54.9. The second-order valence-corrected chi connectivity index (χ2v) is 20.4. The highest BCUT2D eigenvalue weighted by molar-refractivity contribution is 6.42. The normalized spacial score (nSPS) is 11.3. The molecule has 1 N–H and O–H groups in total. The minimum absolute atomic E-state index is 0.0838. The first kappa shape index (κ1) is 52.2. The Morgan fingerprint density at radius 1 is 0.321 bits per heavy atom. The highest BCUT2D eigenvalue weighted by Gasteiger charge is 2.27. The molecule has 0 aliphatic carbocycles. The highest BCUT2D eigenvalue weighted by Crippen LogP contribution is 2.49. The molecule has 0 aliphatic heterocycles. The molecule has 14 aromatic rings. The Hall–Kier alpha value is -9.49. The van der Waals surface area contributed by atoms with Gasteiger partial charge in [0.2, 0.25) is 0 Å². The van der Waals surface area contributed by atoms with Gasteiger partial charge < -0.3 is 24.0 Å². The van der Waals surface area contributed by atoms with Crippen molar-refractivity contribution in [2.45, 2.75) is 5.92 Å². The molecular weight excluding hydrogens is 1060 g/mol. The maximum atomic E-state index is 7.42. The number of halogens is 3. The summed E-state index contributed by atoms with van der Waals surface area (Å²) in [6, 6.07) is 98.6. The first-order valence-electron chi connectivity index (χ1n) is 26.7. The highest BCUT2D eigenvalue weighted by atomic mass is 35.5. The fourth-order valence-electron chi connectivity index (χ4n) is 10.5. The lowest BCUT2D eigenvalue weighted by molar-refractivity contribution is 0.609. The Bertz CT molecular complexity index is 4290. The van der Waals surface area contributed by atoms with Crippen LogP contribution in [0.15, 0.2) is 313 Å². The monoisotopic (exact) mass is 1110 g/mol. The molecule has 1 atom stereocenters. The van der Waals surface area contributed by atoms with Gasteiger partial charge in [-0.1, -0.05) is 235 Å². The smallest absolute Gasteiger partial charge is 0.136 e. The van der Waals surface area contributed by atoms with Crippen molar-refractivity contribution in [2.24, 2.45) is 0 Å². The molecule has 2 aromatic heterocycles. The summed E-state index contributed by atoms with van der Waals surface area (Å²) in [7, 11) is 0. The molecule has 5 nitrogen and oxygen atoms in total. The maximum Gasteiger partial charge on any atom is 0.136 e. The van der Waals surface area contributed by atoms with E-state index < -0.39 is 0 Å². The van der Waals surface area contributed by atoms with E-state index >= 15 is 0 Å². The number of hydrogen-bond donors (Lipinski definition) is 1. The Kier molecular flexibility index (Phi) is 15.6. The van der Waals surface area contributed by atoms with Crippen LogP contribution < -0.4 is 15.1 Å². The molecule has 0 fully saturated rings. The molecule has 12 aromatic carbocycles. The summed E-state index contributed by atoms with van der Waals surface area (Å²) in [5.74, 6) is -0.0838. The molecule has 81 heavy (non-hydrogen) atoms. The molecule has 0 bridgehead atoms. The van der Waals surface area contributed by atoms with Crippen LogP contribution in [-0.2, 0) is 0 Å². The Labute approximate surface area is 486 Å². The van der Waals surface area contributed by atoms with Crippen molar-refractivity contribution in [3.05, 3.63) is 335 Å². The molecule has 0 radical (unpaired) electrons. The average molecular weight is 1110 g/mol. The van der Waals surface area contributed by atoms with Crippen LogP contribution in [0.25, 0.3) is 43.5 Å². The zero-order valence-electron chi connectivity index (χ0n) is 43.8. The van der Waals surface area contributed by atoms with Crippen molar-refractivity contribution in [3.63, 3.8) is 0 Å². The predicted molar refractivity (Wildman–Crippen MR) is 342 cm³/mol. The van der Waals surface area contributed by atoms with Crippen molar-refractivity contribution >= 4 is 124 Å². The number of furan rings is 2. The fraction of sp³-hybridized carbons (Fsp3) is 0.0137. The van der Waals surface area contributed by atoms with E-state index in [0.29, 0.717) is 15.1 Å². The Morgan fingerprint density at radius 2 is 0.753 bits per heavy atom. The van der Waals surface area contributed by atoms with Crippen LogP contribution in [0.1, 0.15) is 22.6 Å². The lowest BCUT2D eigenvalue weighted by atomic mass is 9.84. The van der Waals surface area contributed by atoms with E-state index in [1.165, 1.54) is 10.8 Å². The molecule has 0 saturated heterocycles. The predicted octanol–water partition coefficient (Wildman–Crippen LogP) is 22.7. The van der Waals surface area contributed by atoms with Crippen LogP contribution in [0, 0.1) is 0 Å². The van der Waals surface area contributed by atoms with Gasteiger partial charge in [-0.15, -0.1) is 0 Å². The lowest BCUT2D eigenvalue weighted by Gasteiger charge is -2.30. The largest absolute Gasteiger partial charge is 0.464 e. The number of para-hydroxylation sites is 5. The minimum Gasteiger partial charge on any atom is -0.464 e. The van der Waals surface area contributed by atoms with Gasteiger partial charge in [0, 0.05) is 45.3 Å². The lowest BCUT2D eigenvalue weighted by Crippen LogP contribution is -2.14. The van der Waals surface area contributed by atoms with Gasteiger partial charge in [-0.25, -0.2) is 0 Å². The molecule has 14 rings (SSSR count). The number of nitrogens with one attached hydrogen (secondary N) is 1. The van der Waals surface area contributed by atoms with Crippen molar-refractivity contribution in [2.75, 3.05) is 15.1 Å². The number of benzene rings is 12. The van der Waals surface area contributed by atoms with E-state index in [-0.39, 0.29) is 5.92 Å². The zero-order valence-corrected chi connectivity index (χ0v) is 46.1. The first-order chi connectivity index (χ1) is 40.0. The van der Waals surface area contributed by atoms with Crippen molar-refractivity contribution in [1.29, 1.82) is 0 Å². The van der Waals surface area contributed by atoms with Gasteiger partial charge in [0.1, 0.15) is 17.4 Å². The molecule has 2 heterocycles. The third kappa shape index (κ3) is 11.1. The van der Waals surface area contributed by atoms with E-state index in [2.05, 4.69) is 143 Å². The number of nitrogens with zero attached hydrogens (tertiary/aromatic N) is 2. The van der Waals surface area contributed by atoms with E-state index in [0.717, 1.165) is 94.9 Å². The second kappa shape index (κ2) is 24.3. The molecule has 0 aliphatic rings. The summed E-state index contributed by atoms with van der Waals surface area (Å²) in [6.07, 6.45) is 3.69. The van der Waals surface area contributed by atoms with Gasteiger partial charge >= 0.3 is 0 Å². The van der Waals surface area contributed by atoms with Crippen LogP contribution in [-0.4, -0.2) is 0 Å². The summed E-state index contributed by atoms with van der Waals surface area (Å²) in [4.78, 5) is 4.39. The van der Waals surface area contributed by atoms with Gasteiger partial charge in [0.25, 0.3) is 0 Å². The third-order valence-electron chi connectivity index (χ3n) is 14.2. The molecule has 0 amide bonds. The number of fused-ring (bicyclic) bond motifs is 6. The quantitative estimate of drug-likeness (QED) is 0.140. The van der Waals surface area contributed by atoms with Gasteiger partial charge in [-0.2, -0.15) is 0 Å². The molecule has 392 valence electrons. The van der Waals surface area contributed by atoms with Crippen LogP contribution in [0.3, 0.4) is 0 Å². The van der Waals surface area contributed by atoms with Crippen LogP contribution in [0.4, 0.5) is 45.5 Å².